The van der Waals surface area contributed by atoms with Crippen LogP contribution in [-0.4, -0.2) is 156 Å². The monoisotopic (exact) mass is 488 g/mol. The third-order valence-corrected chi connectivity index (χ3v) is 6.03. The molecule has 0 unspecified atom stereocenters. The van der Waals surface area contributed by atoms with Gasteiger partial charge in [0.15, 0.2) is 18.9 Å². The van der Waals surface area contributed by atoms with E-state index in [4.69, 9.17) is 23.7 Å². The van der Waals surface area contributed by atoms with Crippen LogP contribution in [0.5, 0.6) is 0 Å². The molecule has 10 N–H and O–H groups in total. The van der Waals surface area contributed by atoms with Crippen molar-refractivity contribution in [1.82, 2.24) is 0 Å². The van der Waals surface area contributed by atoms with E-state index in [0.717, 1.165) is 0 Å². The Hall–Kier alpha value is -0.600. The van der Waals surface area contributed by atoms with Gasteiger partial charge in [-0.1, -0.05) is 0 Å². The van der Waals surface area contributed by atoms with Gasteiger partial charge in [-0.25, -0.2) is 0 Å². The van der Waals surface area contributed by atoms with Crippen LogP contribution in [0.1, 0.15) is 6.92 Å². The molecule has 15 atom stereocenters. The van der Waals surface area contributed by atoms with E-state index in [1.165, 1.54) is 6.92 Å². The first-order valence-corrected chi connectivity index (χ1v) is 10.4. The fourth-order valence-corrected chi connectivity index (χ4v) is 3.90. The Morgan fingerprint density at radius 2 is 1.21 bits per heavy atom. The van der Waals surface area contributed by atoms with Crippen LogP contribution in [0.15, 0.2) is 0 Å². The van der Waals surface area contributed by atoms with Gasteiger partial charge in [0.2, 0.25) is 0 Å². The molecule has 0 aliphatic carbocycles. The van der Waals surface area contributed by atoms with Crippen molar-refractivity contribution in [2.75, 3.05) is 13.2 Å². The Balaban J connectivity index is 1.62. The van der Waals surface area contributed by atoms with Gasteiger partial charge in [-0.3, -0.25) is 0 Å². The summed E-state index contributed by atoms with van der Waals surface area (Å²) in [5.74, 6) is 0. The van der Waals surface area contributed by atoms with Crippen LogP contribution in [0.2, 0.25) is 0 Å². The summed E-state index contributed by atoms with van der Waals surface area (Å²) in [5.41, 5.74) is 0. The maximum atomic E-state index is 10.5. The second-order valence-electron chi connectivity index (χ2n) is 8.36. The van der Waals surface area contributed by atoms with Gasteiger partial charge >= 0.3 is 0 Å². The largest absolute Gasteiger partial charge is 0.394 e. The second kappa shape index (κ2) is 11.0. The third-order valence-electron chi connectivity index (χ3n) is 6.03. The molecular weight excluding hydrogens is 456 g/mol. The van der Waals surface area contributed by atoms with E-state index in [9.17, 15) is 51.1 Å². The summed E-state index contributed by atoms with van der Waals surface area (Å²) in [6.07, 6.45) is -23.3. The molecule has 0 radical (unpaired) electrons. The molecule has 3 aliphatic heterocycles. The minimum absolute atomic E-state index is 0.549. The Kier molecular flexibility index (Phi) is 8.99. The van der Waals surface area contributed by atoms with Gasteiger partial charge in [0.05, 0.1) is 19.3 Å². The molecule has 15 nitrogen and oxygen atoms in total. The maximum absolute atomic E-state index is 10.5. The fraction of sp³-hybridized carbons (Fsp3) is 1.00. The molecule has 15 heteroatoms. The van der Waals surface area contributed by atoms with Gasteiger partial charge in [0.25, 0.3) is 0 Å². The van der Waals surface area contributed by atoms with Gasteiger partial charge < -0.3 is 74.7 Å². The van der Waals surface area contributed by atoms with Crippen molar-refractivity contribution in [2.24, 2.45) is 0 Å². The highest BCUT2D eigenvalue weighted by Crippen LogP contribution is 2.30. The van der Waals surface area contributed by atoms with Crippen molar-refractivity contribution in [2.45, 2.75) is 99.0 Å². The van der Waals surface area contributed by atoms with Crippen molar-refractivity contribution in [1.29, 1.82) is 0 Å². The van der Waals surface area contributed by atoms with Crippen molar-refractivity contribution >= 4 is 0 Å². The Bertz CT molecular complexity index is 622. The Morgan fingerprint density at radius 3 is 1.85 bits per heavy atom. The number of aliphatic hydroxyl groups excluding tert-OH is 10. The molecule has 0 spiro atoms. The third kappa shape index (κ3) is 5.48. The highest BCUT2D eigenvalue weighted by molar-refractivity contribution is 4.94. The number of ether oxygens (including phenoxy) is 5. The molecule has 33 heavy (non-hydrogen) atoms. The van der Waals surface area contributed by atoms with E-state index in [2.05, 4.69) is 0 Å². The van der Waals surface area contributed by atoms with Gasteiger partial charge in [0, 0.05) is 0 Å². The lowest BCUT2D eigenvalue weighted by molar-refractivity contribution is -0.361. The molecule has 194 valence electrons. The molecule has 0 aromatic carbocycles. The SMILES string of the molecule is C[C@@H]1O[C@H](O[C@H]2[C@H](O)[C@@H](O)[C@H](OC[C@H]3O[C@@H](O)[C@H](O)[C@@H](O)[C@@H]3O)O[C@@H]2CO)[C@H](O)[C@H](O)[C@H]1O. The average Bonchev–Trinajstić information content (AvgIpc) is 2.79. The van der Waals surface area contributed by atoms with Crippen molar-refractivity contribution in [3.05, 3.63) is 0 Å². The van der Waals surface area contributed by atoms with Crippen LogP contribution in [0, 0.1) is 0 Å². The van der Waals surface area contributed by atoms with Crippen LogP contribution in [-0.2, 0) is 23.7 Å². The van der Waals surface area contributed by atoms with E-state index in [1.54, 1.807) is 0 Å². The minimum Gasteiger partial charge on any atom is -0.394 e. The van der Waals surface area contributed by atoms with Gasteiger partial charge in [-0.15, -0.1) is 0 Å². The van der Waals surface area contributed by atoms with Crippen molar-refractivity contribution < 1.29 is 74.7 Å². The highest BCUT2D eigenvalue weighted by atomic mass is 16.7. The molecule has 0 saturated carbocycles. The lowest BCUT2D eigenvalue weighted by Gasteiger charge is -2.46. The molecule has 0 bridgehead atoms. The lowest BCUT2D eigenvalue weighted by atomic mass is 9.97. The summed E-state index contributed by atoms with van der Waals surface area (Å²) in [5, 5.41) is 99.2. The Labute approximate surface area is 187 Å². The highest BCUT2D eigenvalue weighted by Gasteiger charge is 2.51. The van der Waals surface area contributed by atoms with E-state index < -0.39 is 105 Å². The number of hydrogen-bond acceptors (Lipinski definition) is 15. The van der Waals surface area contributed by atoms with E-state index in [1.807, 2.05) is 0 Å². The van der Waals surface area contributed by atoms with Crippen molar-refractivity contribution in [3.63, 3.8) is 0 Å². The molecule has 3 rings (SSSR count). The van der Waals surface area contributed by atoms with Gasteiger partial charge in [-0.05, 0) is 6.92 Å². The summed E-state index contributed by atoms with van der Waals surface area (Å²) in [6, 6.07) is 0. The van der Waals surface area contributed by atoms with Crippen LogP contribution in [0.4, 0.5) is 0 Å². The molecule has 3 aliphatic rings. The van der Waals surface area contributed by atoms with Crippen LogP contribution in [0.25, 0.3) is 0 Å². The second-order valence-corrected chi connectivity index (χ2v) is 8.36. The Morgan fingerprint density at radius 1 is 0.606 bits per heavy atom. The zero-order valence-corrected chi connectivity index (χ0v) is 17.6. The number of rotatable bonds is 6. The summed E-state index contributed by atoms with van der Waals surface area (Å²) in [6.45, 7) is 0.136. The quantitative estimate of drug-likeness (QED) is 0.167. The zero-order valence-electron chi connectivity index (χ0n) is 17.6. The topological polar surface area (TPSA) is 248 Å². The molecule has 3 fully saturated rings. The van der Waals surface area contributed by atoms with Crippen molar-refractivity contribution in [3.8, 4) is 0 Å². The normalized spacial score (nSPS) is 53.7. The molecule has 0 aromatic heterocycles. The maximum Gasteiger partial charge on any atom is 0.187 e. The van der Waals surface area contributed by atoms with E-state index >= 15 is 0 Å². The molecule has 0 aromatic rings. The first-order chi connectivity index (χ1) is 15.5. The number of hydrogen-bond donors (Lipinski definition) is 10. The molecule has 0 amide bonds. The summed E-state index contributed by atoms with van der Waals surface area (Å²) in [4.78, 5) is 0. The molecular formula is C18H32O15. The zero-order chi connectivity index (χ0) is 24.6. The fourth-order valence-electron chi connectivity index (χ4n) is 3.90. The van der Waals surface area contributed by atoms with Gasteiger partial charge in [0.1, 0.15) is 67.1 Å². The minimum atomic E-state index is -1.80. The standard InChI is InChI=1S/C18H32O15/c1-4-7(20)9(22)13(26)18(30-4)33-15-5(2-19)32-17(14(27)11(15)24)29-3-6-8(21)10(23)12(25)16(28)31-6/h4-28H,2-3H2,1H3/t4-,5+,6+,7-,8+,9+,10-,11+,12+,13+,14+,15+,16+,17+,18+/m0/s1. The predicted octanol–water partition coefficient (Wildman–Crippen LogP) is -6.55. The van der Waals surface area contributed by atoms with E-state index in [0.29, 0.717) is 0 Å². The van der Waals surface area contributed by atoms with Crippen LogP contribution >= 0.6 is 0 Å². The first-order valence-electron chi connectivity index (χ1n) is 10.4. The predicted molar refractivity (Wildman–Crippen MR) is 99.8 cm³/mol. The van der Waals surface area contributed by atoms with E-state index in [-0.39, 0.29) is 0 Å². The van der Waals surface area contributed by atoms with Crippen LogP contribution in [0.3, 0.4) is 0 Å². The van der Waals surface area contributed by atoms with Crippen LogP contribution < -0.4 is 0 Å². The smallest absolute Gasteiger partial charge is 0.187 e. The molecule has 3 saturated heterocycles. The lowest BCUT2D eigenvalue weighted by Crippen LogP contribution is -2.64. The van der Waals surface area contributed by atoms with Gasteiger partial charge in [-0.2, -0.15) is 0 Å². The summed E-state index contributed by atoms with van der Waals surface area (Å²) in [7, 11) is 0. The number of aliphatic hydroxyl groups is 10. The summed E-state index contributed by atoms with van der Waals surface area (Å²) < 4.78 is 26.4. The molecule has 3 heterocycles. The average molecular weight is 488 g/mol. The summed E-state index contributed by atoms with van der Waals surface area (Å²) >= 11 is 0. The first kappa shape index (κ1) is 27.0.